The van der Waals surface area contributed by atoms with Gasteiger partial charge in [0.1, 0.15) is 16.7 Å². The SMILES string of the molecule is COc1cc(OC)cc(C2=NC(Cl)=CN(C)C2O)c1. The van der Waals surface area contributed by atoms with Crippen LogP contribution in [0, 0.1) is 0 Å². The molecule has 0 bridgehead atoms. The fourth-order valence-corrected chi connectivity index (χ4v) is 2.05. The quantitative estimate of drug-likeness (QED) is 0.859. The molecule has 0 saturated heterocycles. The Hall–Kier alpha value is -1.72. The van der Waals surface area contributed by atoms with E-state index in [-0.39, 0.29) is 0 Å². The minimum atomic E-state index is -0.862. The van der Waals surface area contributed by atoms with Crippen molar-refractivity contribution in [3.63, 3.8) is 0 Å². The van der Waals surface area contributed by atoms with Gasteiger partial charge in [-0.25, -0.2) is 4.99 Å². The predicted molar refractivity (Wildman–Crippen MR) is 73.8 cm³/mol. The summed E-state index contributed by atoms with van der Waals surface area (Å²) in [5, 5.41) is 10.5. The second kappa shape index (κ2) is 5.50. The molecule has 0 amide bonds. The van der Waals surface area contributed by atoms with Crippen LogP contribution in [0.3, 0.4) is 0 Å². The van der Waals surface area contributed by atoms with E-state index < -0.39 is 6.23 Å². The first kappa shape index (κ1) is 13.7. The zero-order valence-corrected chi connectivity index (χ0v) is 11.7. The van der Waals surface area contributed by atoms with Gasteiger partial charge in [0.05, 0.1) is 19.9 Å². The van der Waals surface area contributed by atoms with Gasteiger partial charge < -0.3 is 19.5 Å². The monoisotopic (exact) mass is 282 g/mol. The Balaban J connectivity index is 2.48. The van der Waals surface area contributed by atoms with Crippen molar-refractivity contribution in [2.75, 3.05) is 21.3 Å². The van der Waals surface area contributed by atoms with Crippen LogP contribution in [0.1, 0.15) is 5.56 Å². The standard InChI is InChI=1S/C13H15ClN2O3/c1-16-7-11(14)15-12(13(16)17)8-4-9(18-2)6-10(5-8)19-3/h4-7,13,17H,1-3H3. The van der Waals surface area contributed by atoms with E-state index in [1.54, 1.807) is 50.6 Å². The van der Waals surface area contributed by atoms with Crippen LogP contribution in [-0.4, -0.2) is 43.2 Å². The molecular weight excluding hydrogens is 268 g/mol. The number of aliphatic imine (C=N–C) groups is 1. The molecule has 0 spiro atoms. The Labute approximate surface area is 116 Å². The van der Waals surface area contributed by atoms with E-state index in [9.17, 15) is 5.11 Å². The first-order valence-electron chi connectivity index (χ1n) is 5.64. The van der Waals surface area contributed by atoms with Gasteiger partial charge in [-0.15, -0.1) is 0 Å². The highest BCUT2D eigenvalue weighted by molar-refractivity contribution is 6.30. The Morgan fingerprint density at radius 1 is 1.21 bits per heavy atom. The number of benzene rings is 1. The van der Waals surface area contributed by atoms with Gasteiger partial charge >= 0.3 is 0 Å². The average molecular weight is 283 g/mol. The molecule has 0 radical (unpaired) electrons. The Kier molecular flexibility index (Phi) is 3.97. The highest BCUT2D eigenvalue weighted by atomic mass is 35.5. The number of nitrogens with zero attached hydrogens (tertiary/aromatic N) is 2. The molecule has 0 aliphatic carbocycles. The number of halogens is 1. The molecule has 1 heterocycles. The van der Waals surface area contributed by atoms with Gasteiger partial charge in [0.15, 0.2) is 6.23 Å². The molecule has 1 N–H and O–H groups in total. The normalized spacial score (nSPS) is 18.8. The van der Waals surface area contributed by atoms with Crippen LogP contribution >= 0.6 is 11.6 Å². The number of ether oxygens (including phenoxy) is 2. The third kappa shape index (κ3) is 2.83. The van der Waals surface area contributed by atoms with E-state index in [1.165, 1.54) is 0 Å². The Morgan fingerprint density at radius 2 is 1.79 bits per heavy atom. The Bertz CT molecular complexity index is 520. The molecule has 1 aromatic rings. The van der Waals surface area contributed by atoms with Crippen LogP contribution in [0.5, 0.6) is 11.5 Å². The van der Waals surface area contributed by atoms with Crippen molar-refractivity contribution in [1.29, 1.82) is 0 Å². The third-order valence-electron chi connectivity index (χ3n) is 2.81. The average Bonchev–Trinajstić information content (AvgIpc) is 2.42. The summed E-state index contributed by atoms with van der Waals surface area (Å²) in [6, 6.07) is 5.29. The molecule has 2 rings (SSSR count). The molecule has 5 nitrogen and oxygen atoms in total. The number of aliphatic hydroxyl groups is 1. The molecule has 1 atom stereocenters. The van der Waals surface area contributed by atoms with Crippen molar-refractivity contribution < 1.29 is 14.6 Å². The molecular formula is C13H15ClN2O3. The van der Waals surface area contributed by atoms with Gasteiger partial charge in [-0.3, -0.25) is 0 Å². The molecule has 0 fully saturated rings. The number of aliphatic hydroxyl groups excluding tert-OH is 1. The number of rotatable bonds is 3. The minimum absolute atomic E-state index is 0.310. The summed E-state index contributed by atoms with van der Waals surface area (Å²) in [5.74, 6) is 1.25. The summed E-state index contributed by atoms with van der Waals surface area (Å²) in [6.07, 6.45) is 0.701. The second-order valence-electron chi connectivity index (χ2n) is 4.09. The van der Waals surface area contributed by atoms with Crippen LogP contribution in [0.25, 0.3) is 0 Å². The maximum absolute atomic E-state index is 10.1. The molecule has 1 unspecified atom stereocenters. The van der Waals surface area contributed by atoms with E-state index in [0.717, 1.165) is 0 Å². The maximum atomic E-state index is 10.1. The maximum Gasteiger partial charge on any atom is 0.170 e. The van der Waals surface area contributed by atoms with E-state index in [4.69, 9.17) is 21.1 Å². The number of methoxy groups -OCH3 is 2. The molecule has 0 aromatic heterocycles. The van der Waals surface area contributed by atoms with Gasteiger partial charge in [-0.1, -0.05) is 11.6 Å². The third-order valence-corrected chi connectivity index (χ3v) is 3.00. The lowest BCUT2D eigenvalue weighted by atomic mass is 10.1. The van der Waals surface area contributed by atoms with Crippen molar-refractivity contribution in [2.45, 2.75) is 6.23 Å². The largest absolute Gasteiger partial charge is 0.497 e. The van der Waals surface area contributed by atoms with E-state index in [2.05, 4.69) is 4.99 Å². The van der Waals surface area contributed by atoms with Gasteiger partial charge in [0, 0.05) is 24.9 Å². The smallest absolute Gasteiger partial charge is 0.170 e. The molecule has 1 aromatic carbocycles. The van der Waals surface area contributed by atoms with Crippen LogP contribution in [0.2, 0.25) is 0 Å². The molecule has 19 heavy (non-hydrogen) atoms. The first-order valence-corrected chi connectivity index (χ1v) is 6.02. The van der Waals surface area contributed by atoms with E-state index in [0.29, 0.717) is 27.9 Å². The van der Waals surface area contributed by atoms with Gasteiger partial charge in [0.2, 0.25) is 0 Å². The topological polar surface area (TPSA) is 54.3 Å². The van der Waals surface area contributed by atoms with Crippen molar-refractivity contribution in [3.8, 4) is 11.5 Å². The highest BCUT2D eigenvalue weighted by Gasteiger charge is 2.23. The fourth-order valence-electron chi connectivity index (χ4n) is 1.80. The van der Waals surface area contributed by atoms with Crippen molar-refractivity contribution >= 4 is 17.3 Å². The van der Waals surface area contributed by atoms with Crippen LogP contribution in [0.15, 0.2) is 34.5 Å². The van der Waals surface area contributed by atoms with Crippen LogP contribution in [0.4, 0.5) is 0 Å². The van der Waals surface area contributed by atoms with Gasteiger partial charge in [-0.05, 0) is 12.1 Å². The van der Waals surface area contributed by atoms with Gasteiger partial charge in [0.25, 0.3) is 0 Å². The lowest BCUT2D eigenvalue weighted by Crippen LogP contribution is -2.37. The zero-order valence-electron chi connectivity index (χ0n) is 10.9. The number of hydrogen-bond donors (Lipinski definition) is 1. The van der Waals surface area contributed by atoms with Crippen molar-refractivity contribution in [3.05, 3.63) is 35.1 Å². The summed E-state index contributed by atoms with van der Waals surface area (Å²) >= 11 is 5.93. The number of hydrogen-bond acceptors (Lipinski definition) is 5. The molecule has 1 aliphatic heterocycles. The van der Waals surface area contributed by atoms with Crippen LogP contribution < -0.4 is 9.47 Å². The lowest BCUT2D eigenvalue weighted by molar-refractivity contribution is 0.115. The summed E-state index contributed by atoms with van der Waals surface area (Å²) in [6.45, 7) is 0. The van der Waals surface area contributed by atoms with E-state index >= 15 is 0 Å². The molecule has 6 heteroatoms. The first-order chi connectivity index (χ1) is 9.05. The lowest BCUT2D eigenvalue weighted by Gasteiger charge is -2.27. The molecule has 0 saturated carbocycles. The zero-order chi connectivity index (χ0) is 14.0. The summed E-state index contributed by atoms with van der Waals surface area (Å²) in [4.78, 5) is 5.76. The minimum Gasteiger partial charge on any atom is -0.497 e. The number of likely N-dealkylation sites (N-methyl/N-ethyl adjacent to an activating group) is 1. The summed E-state index contributed by atoms with van der Waals surface area (Å²) in [5.41, 5.74) is 1.15. The highest BCUT2D eigenvalue weighted by Crippen LogP contribution is 2.26. The van der Waals surface area contributed by atoms with Gasteiger partial charge in [-0.2, -0.15) is 0 Å². The summed E-state index contributed by atoms with van der Waals surface area (Å²) < 4.78 is 10.4. The van der Waals surface area contributed by atoms with Crippen molar-refractivity contribution in [1.82, 2.24) is 4.90 Å². The Morgan fingerprint density at radius 3 is 2.32 bits per heavy atom. The van der Waals surface area contributed by atoms with Crippen LogP contribution in [-0.2, 0) is 0 Å². The van der Waals surface area contributed by atoms with Crippen molar-refractivity contribution in [2.24, 2.45) is 4.99 Å². The fraction of sp³-hybridized carbons (Fsp3) is 0.308. The molecule has 1 aliphatic rings. The predicted octanol–water partition coefficient (Wildman–Crippen LogP) is 1.79. The summed E-state index contributed by atoms with van der Waals surface area (Å²) in [7, 11) is 4.85. The second-order valence-corrected chi connectivity index (χ2v) is 4.48. The molecule has 102 valence electrons. The van der Waals surface area contributed by atoms with E-state index in [1.807, 2.05) is 0 Å².